The van der Waals surface area contributed by atoms with Gasteiger partial charge < -0.3 is 14.5 Å². The van der Waals surface area contributed by atoms with Gasteiger partial charge in [0, 0.05) is 10.9 Å². The molecular weight excluding hydrogens is 508 g/mol. The third-order valence-electron chi connectivity index (χ3n) is 5.89. The van der Waals surface area contributed by atoms with Crippen LogP contribution in [0, 0.1) is 0 Å². The number of nitrogens with zero attached hydrogens (tertiary/aromatic N) is 4. The predicted molar refractivity (Wildman–Crippen MR) is 150 cm³/mol. The first-order valence-corrected chi connectivity index (χ1v) is 12.2. The molecule has 0 saturated heterocycles. The van der Waals surface area contributed by atoms with Gasteiger partial charge in [-0.1, -0.05) is 54.6 Å². The van der Waals surface area contributed by atoms with E-state index in [4.69, 9.17) is 9.47 Å². The molecule has 4 aromatic carbocycles. The highest BCUT2D eigenvalue weighted by Gasteiger charge is 2.17. The number of esters is 2. The topological polar surface area (TPSA) is 131 Å². The van der Waals surface area contributed by atoms with Gasteiger partial charge in [-0.15, -0.1) is 10.2 Å². The van der Waals surface area contributed by atoms with Crippen molar-refractivity contribution in [2.24, 2.45) is 5.10 Å². The average Bonchev–Trinajstić information content (AvgIpc) is 3.37. The Morgan fingerprint density at radius 3 is 2.12 bits per heavy atom. The molecule has 10 heteroatoms. The van der Waals surface area contributed by atoms with Crippen LogP contribution in [0.3, 0.4) is 0 Å². The second-order valence-electron chi connectivity index (χ2n) is 8.59. The van der Waals surface area contributed by atoms with E-state index < -0.39 is 11.9 Å². The summed E-state index contributed by atoms with van der Waals surface area (Å²) in [4.78, 5) is 33.1. The summed E-state index contributed by atoms with van der Waals surface area (Å²) in [5.74, 6) is -0.854. The third-order valence-corrected chi connectivity index (χ3v) is 5.89. The molecule has 6 aromatic rings. The maximum atomic E-state index is 12.8. The van der Waals surface area contributed by atoms with Crippen molar-refractivity contribution >= 4 is 46.2 Å². The molecule has 2 aromatic heterocycles. The van der Waals surface area contributed by atoms with Crippen molar-refractivity contribution in [3.8, 4) is 11.5 Å². The zero-order chi connectivity index (χ0) is 27.3. The van der Waals surface area contributed by atoms with Crippen molar-refractivity contribution in [3.05, 3.63) is 120 Å². The molecule has 0 bridgehead atoms. The van der Waals surface area contributed by atoms with Crippen LogP contribution in [0.1, 0.15) is 26.3 Å². The number of ether oxygens (including phenoxy) is 2. The Balaban J connectivity index is 1.24. The Bertz CT molecular complexity index is 1870. The molecule has 0 unspecified atom stereocenters. The van der Waals surface area contributed by atoms with E-state index in [0.717, 1.165) is 10.9 Å². The summed E-state index contributed by atoms with van der Waals surface area (Å²) in [5.41, 5.74) is 6.17. The number of para-hydroxylation sites is 1. The van der Waals surface area contributed by atoms with Crippen molar-refractivity contribution < 1.29 is 19.1 Å². The standard InChI is InChI=1S/C30H20N6O4/c37-28(20-9-3-1-4-10-20)39-24-16-15-19(17-25(24)40-29(38)21-11-5-2-6-12-21)18-31-35-30-33-27-26(34-36-30)22-13-7-8-14-23(22)32-27/h1-18H,(H2,32,33,35,36)/b31-18+. The largest absolute Gasteiger partial charge is 0.419 e. The first-order valence-electron chi connectivity index (χ1n) is 12.2. The van der Waals surface area contributed by atoms with E-state index >= 15 is 0 Å². The molecule has 10 nitrogen and oxygen atoms in total. The minimum Gasteiger partial charge on any atom is -0.419 e. The van der Waals surface area contributed by atoms with Crippen molar-refractivity contribution in [2.75, 3.05) is 5.43 Å². The number of rotatable bonds is 7. The molecule has 6 rings (SSSR count). The summed E-state index contributed by atoms with van der Waals surface area (Å²) < 4.78 is 11.2. The van der Waals surface area contributed by atoms with E-state index in [2.05, 4.69) is 30.7 Å². The summed E-state index contributed by atoms with van der Waals surface area (Å²) in [6, 6.07) is 29.5. The fraction of sp³-hybridized carbons (Fsp3) is 0. The lowest BCUT2D eigenvalue weighted by Gasteiger charge is -2.11. The molecule has 2 heterocycles. The van der Waals surface area contributed by atoms with Gasteiger partial charge in [0.05, 0.1) is 17.3 Å². The van der Waals surface area contributed by atoms with Crippen LogP contribution in [-0.2, 0) is 0 Å². The Morgan fingerprint density at radius 1 is 0.750 bits per heavy atom. The van der Waals surface area contributed by atoms with Gasteiger partial charge in [-0.2, -0.15) is 10.1 Å². The van der Waals surface area contributed by atoms with Gasteiger partial charge in [-0.3, -0.25) is 0 Å². The normalized spacial score (nSPS) is 11.1. The number of benzene rings is 4. The predicted octanol–water partition coefficient (Wildman–Crippen LogP) is 5.39. The lowest BCUT2D eigenvalue weighted by Crippen LogP contribution is -2.13. The average molecular weight is 529 g/mol. The highest BCUT2D eigenvalue weighted by atomic mass is 16.6. The number of hydrogen-bond donors (Lipinski definition) is 2. The second kappa shape index (κ2) is 10.8. The SMILES string of the molecule is O=C(Oc1ccc(/C=N/Nc2nnc3c(n2)[nH]c2ccccc23)cc1OC(=O)c1ccccc1)c1ccccc1. The molecule has 0 aliphatic carbocycles. The van der Waals surface area contributed by atoms with Gasteiger partial charge in [0.2, 0.25) is 0 Å². The van der Waals surface area contributed by atoms with Gasteiger partial charge >= 0.3 is 11.9 Å². The van der Waals surface area contributed by atoms with Gasteiger partial charge in [0.25, 0.3) is 5.95 Å². The fourth-order valence-corrected chi connectivity index (χ4v) is 3.97. The monoisotopic (exact) mass is 528 g/mol. The zero-order valence-corrected chi connectivity index (χ0v) is 20.8. The van der Waals surface area contributed by atoms with E-state index in [1.807, 2.05) is 24.3 Å². The molecule has 0 aliphatic rings. The Morgan fingerprint density at radius 2 is 1.40 bits per heavy atom. The molecule has 40 heavy (non-hydrogen) atoms. The highest BCUT2D eigenvalue weighted by molar-refractivity contribution is 6.03. The Kier molecular flexibility index (Phi) is 6.62. The smallest absolute Gasteiger partial charge is 0.343 e. The number of aromatic nitrogens is 4. The molecule has 0 radical (unpaired) electrons. The molecule has 0 amide bonds. The van der Waals surface area contributed by atoms with Gasteiger partial charge in [0.15, 0.2) is 17.1 Å². The number of hydrazone groups is 1. The van der Waals surface area contributed by atoms with Crippen LogP contribution in [0.5, 0.6) is 11.5 Å². The van der Waals surface area contributed by atoms with E-state index in [0.29, 0.717) is 27.9 Å². The van der Waals surface area contributed by atoms with Crippen LogP contribution in [0.25, 0.3) is 22.1 Å². The minimum atomic E-state index is -0.601. The number of nitrogens with one attached hydrogen (secondary N) is 2. The third kappa shape index (κ3) is 5.22. The molecule has 0 saturated carbocycles. The summed E-state index contributed by atoms with van der Waals surface area (Å²) in [5, 5.41) is 13.5. The number of carbonyl (C=O) groups excluding carboxylic acids is 2. The number of fused-ring (bicyclic) bond motifs is 3. The van der Waals surface area contributed by atoms with Crippen molar-refractivity contribution in [3.63, 3.8) is 0 Å². The number of carbonyl (C=O) groups is 2. The van der Waals surface area contributed by atoms with Gasteiger partial charge in [-0.05, 0) is 54.1 Å². The van der Waals surface area contributed by atoms with Crippen LogP contribution in [0.15, 0.2) is 108 Å². The highest BCUT2D eigenvalue weighted by Crippen LogP contribution is 2.30. The molecule has 0 atom stereocenters. The number of anilines is 1. The summed E-state index contributed by atoms with van der Waals surface area (Å²) >= 11 is 0. The molecule has 194 valence electrons. The van der Waals surface area contributed by atoms with Crippen molar-refractivity contribution in [1.82, 2.24) is 20.2 Å². The number of aromatic amines is 1. The van der Waals surface area contributed by atoms with E-state index in [-0.39, 0.29) is 17.4 Å². The number of hydrogen-bond acceptors (Lipinski definition) is 9. The summed E-state index contributed by atoms with van der Waals surface area (Å²) in [6.45, 7) is 0. The first kappa shape index (κ1) is 24.4. The fourth-order valence-electron chi connectivity index (χ4n) is 3.97. The maximum absolute atomic E-state index is 12.8. The van der Waals surface area contributed by atoms with Crippen LogP contribution < -0.4 is 14.9 Å². The summed E-state index contributed by atoms with van der Waals surface area (Å²) in [7, 11) is 0. The van der Waals surface area contributed by atoms with Crippen LogP contribution in [0.2, 0.25) is 0 Å². The van der Waals surface area contributed by atoms with E-state index in [1.165, 1.54) is 12.3 Å². The first-order chi connectivity index (χ1) is 19.6. The van der Waals surface area contributed by atoms with Gasteiger partial charge in [-0.25, -0.2) is 15.0 Å². The van der Waals surface area contributed by atoms with E-state index in [9.17, 15) is 9.59 Å². The molecule has 0 fully saturated rings. The van der Waals surface area contributed by atoms with E-state index in [1.54, 1.807) is 72.8 Å². The quantitative estimate of drug-likeness (QED) is 0.122. The molecule has 0 aliphatic heterocycles. The summed E-state index contributed by atoms with van der Waals surface area (Å²) in [6.07, 6.45) is 1.49. The van der Waals surface area contributed by atoms with Gasteiger partial charge in [0.1, 0.15) is 5.52 Å². The Hall–Kier alpha value is -5.90. The maximum Gasteiger partial charge on any atom is 0.343 e. The molecule has 2 N–H and O–H groups in total. The lowest BCUT2D eigenvalue weighted by molar-refractivity contribution is 0.0682. The lowest BCUT2D eigenvalue weighted by atomic mass is 10.2. The van der Waals surface area contributed by atoms with Crippen molar-refractivity contribution in [1.29, 1.82) is 0 Å². The number of H-pyrrole nitrogens is 1. The Labute approximate surface area is 227 Å². The molecule has 0 spiro atoms. The minimum absolute atomic E-state index is 0.0551. The molecular formula is C30H20N6O4. The van der Waals surface area contributed by atoms with Crippen LogP contribution in [-0.4, -0.2) is 38.3 Å². The van der Waals surface area contributed by atoms with Crippen LogP contribution in [0.4, 0.5) is 5.95 Å². The second-order valence-corrected chi connectivity index (χ2v) is 8.59. The van der Waals surface area contributed by atoms with Crippen molar-refractivity contribution in [2.45, 2.75) is 0 Å². The van der Waals surface area contributed by atoms with Crippen LogP contribution >= 0.6 is 0 Å². The zero-order valence-electron chi connectivity index (χ0n) is 20.8.